The Morgan fingerprint density at radius 1 is 0.971 bits per heavy atom. The lowest BCUT2D eigenvalue weighted by Gasteiger charge is -2.08. The van der Waals surface area contributed by atoms with Gasteiger partial charge in [0.1, 0.15) is 23.0 Å². The lowest BCUT2D eigenvalue weighted by atomic mass is 10.1. The SMILES string of the molecule is O=C(c1cc2ccc(-c3nccc(Nc4ccc(-c5cn[nH]c5)cc4)n3)cc2[nH]1)n1cncc1Cl. The maximum Gasteiger partial charge on any atom is 0.280 e. The van der Waals surface area contributed by atoms with Gasteiger partial charge in [-0.2, -0.15) is 5.10 Å². The second-order valence-electron chi connectivity index (χ2n) is 7.83. The smallest absolute Gasteiger partial charge is 0.280 e. The standard InChI is InChI=1S/C25H17ClN8O/c26-22-13-27-14-34(22)25(35)21-9-16-1-2-17(10-20(16)32-21)24-28-8-7-23(33-24)31-19-5-3-15(4-6-19)18-11-29-30-12-18/h1-14,32H,(H,29,30)(H,28,31,33). The highest BCUT2D eigenvalue weighted by molar-refractivity contribution is 6.30. The number of aromatic amines is 2. The Morgan fingerprint density at radius 3 is 2.60 bits per heavy atom. The van der Waals surface area contributed by atoms with Gasteiger partial charge in [-0.3, -0.25) is 14.5 Å². The van der Waals surface area contributed by atoms with Gasteiger partial charge in [0.2, 0.25) is 0 Å². The zero-order chi connectivity index (χ0) is 23.8. The van der Waals surface area contributed by atoms with Gasteiger partial charge in [-0.15, -0.1) is 0 Å². The molecule has 0 amide bonds. The maximum absolute atomic E-state index is 12.7. The molecule has 0 bridgehead atoms. The number of aromatic nitrogens is 7. The summed E-state index contributed by atoms with van der Waals surface area (Å²) in [6.45, 7) is 0. The third-order valence-electron chi connectivity index (χ3n) is 5.57. The monoisotopic (exact) mass is 480 g/mol. The molecule has 2 aromatic carbocycles. The first kappa shape index (κ1) is 20.8. The Kier molecular flexibility index (Phi) is 5.08. The van der Waals surface area contributed by atoms with Gasteiger partial charge in [0.25, 0.3) is 5.91 Å². The molecule has 0 atom stereocenters. The molecular weight excluding hydrogens is 464 g/mol. The number of rotatable bonds is 5. The summed E-state index contributed by atoms with van der Waals surface area (Å²) in [5.41, 5.74) is 5.02. The Bertz CT molecular complexity index is 1650. The summed E-state index contributed by atoms with van der Waals surface area (Å²) >= 11 is 6.03. The van der Waals surface area contributed by atoms with Gasteiger partial charge in [-0.05, 0) is 35.9 Å². The lowest BCUT2D eigenvalue weighted by molar-refractivity contribution is 0.0956. The van der Waals surface area contributed by atoms with E-state index in [-0.39, 0.29) is 11.1 Å². The van der Waals surface area contributed by atoms with Crippen molar-refractivity contribution in [1.29, 1.82) is 0 Å². The molecule has 9 nitrogen and oxygen atoms in total. The number of benzene rings is 2. The lowest BCUT2D eigenvalue weighted by Crippen LogP contribution is -2.11. The van der Waals surface area contributed by atoms with E-state index < -0.39 is 0 Å². The number of fused-ring (bicyclic) bond motifs is 1. The third kappa shape index (κ3) is 4.04. The van der Waals surface area contributed by atoms with Crippen LogP contribution in [0.2, 0.25) is 5.15 Å². The van der Waals surface area contributed by atoms with Crippen LogP contribution < -0.4 is 5.32 Å². The predicted octanol–water partition coefficient (Wildman–Crippen LogP) is 5.30. The van der Waals surface area contributed by atoms with E-state index in [2.05, 4.69) is 35.5 Å². The van der Waals surface area contributed by atoms with Crippen molar-refractivity contribution in [3.05, 3.63) is 96.6 Å². The summed E-state index contributed by atoms with van der Waals surface area (Å²) in [5, 5.41) is 11.3. The molecule has 0 aliphatic carbocycles. The van der Waals surface area contributed by atoms with E-state index in [9.17, 15) is 4.79 Å². The number of anilines is 2. The van der Waals surface area contributed by atoms with Crippen LogP contribution in [0.5, 0.6) is 0 Å². The van der Waals surface area contributed by atoms with Gasteiger partial charge in [0.15, 0.2) is 5.82 Å². The van der Waals surface area contributed by atoms with Crippen LogP contribution >= 0.6 is 11.6 Å². The van der Waals surface area contributed by atoms with E-state index in [1.54, 1.807) is 18.5 Å². The average Bonchev–Trinajstić information content (AvgIpc) is 3.65. The first-order valence-corrected chi connectivity index (χ1v) is 11.1. The molecule has 4 heterocycles. The van der Waals surface area contributed by atoms with Crippen LogP contribution in [0, 0.1) is 0 Å². The molecule has 0 aliphatic rings. The number of nitrogens with zero attached hydrogens (tertiary/aromatic N) is 5. The van der Waals surface area contributed by atoms with Gasteiger partial charge in [-0.25, -0.2) is 15.0 Å². The van der Waals surface area contributed by atoms with Gasteiger partial charge in [0, 0.05) is 40.1 Å². The van der Waals surface area contributed by atoms with Crippen molar-refractivity contribution in [2.45, 2.75) is 0 Å². The van der Waals surface area contributed by atoms with Crippen LogP contribution in [0.25, 0.3) is 33.4 Å². The van der Waals surface area contributed by atoms with Crippen molar-refractivity contribution in [3.63, 3.8) is 0 Å². The molecule has 3 N–H and O–H groups in total. The maximum atomic E-state index is 12.7. The third-order valence-corrected chi connectivity index (χ3v) is 5.85. The first-order chi connectivity index (χ1) is 17.1. The Balaban J connectivity index is 1.25. The van der Waals surface area contributed by atoms with Crippen molar-refractivity contribution < 1.29 is 4.79 Å². The van der Waals surface area contributed by atoms with Crippen molar-refractivity contribution >= 4 is 39.9 Å². The molecule has 0 saturated heterocycles. The van der Waals surface area contributed by atoms with Crippen LogP contribution in [0.15, 0.2) is 85.7 Å². The van der Waals surface area contributed by atoms with E-state index >= 15 is 0 Å². The second kappa shape index (κ2) is 8.54. The number of carbonyl (C=O) groups is 1. The number of hydrogen-bond donors (Lipinski definition) is 3. The molecule has 6 rings (SSSR count). The number of halogens is 1. The zero-order valence-electron chi connectivity index (χ0n) is 18.1. The average molecular weight is 481 g/mol. The van der Waals surface area contributed by atoms with Crippen molar-refractivity contribution in [2.75, 3.05) is 5.32 Å². The van der Waals surface area contributed by atoms with Crippen LogP contribution in [0.4, 0.5) is 11.5 Å². The van der Waals surface area contributed by atoms with Gasteiger partial charge >= 0.3 is 0 Å². The molecule has 0 saturated carbocycles. The summed E-state index contributed by atoms with van der Waals surface area (Å²) in [5.74, 6) is 0.946. The minimum atomic E-state index is -0.286. The molecule has 170 valence electrons. The highest BCUT2D eigenvalue weighted by atomic mass is 35.5. The van der Waals surface area contributed by atoms with Crippen molar-refractivity contribution in [2.24, 2.45) is 0 Å². The number of nitrogens with one attached hydrogen (secondary N) is 3. The molecular formula is C25H17ClN8O. The summed E-state index contributed by atoms with van der Waals surface area (Å²) in [6.07, 6.45) is 8.16. The van der Waals surface area contributed by atoms with Crippen LogP contribution in [-0.2, 0) is 0 Å². The Hall–Kier alpha value is -4.76. The van der Waals surface area contributed by atoms with Crippen molar-refractivity contribution in [3.8, 4) is 22.5 Å². The fraction of sp³-hybridized carbons (Fsp3) is 0. The number of carbonyl (C=O) groups excluding carboxylic acids is 1. The predicted molar refractivity (Wildman–Crippen MR) is 134 cm³/mol. The summed E-state index contributed by atoms with van der Waals surface area (Å²) in [7, 11) is 0. The fourth-order valence-corrected chi connectivity index (χ4v) is 3.99. The zero-order valence-corrected chi connectivity index (χ0v) is 18.9. The van der Waals surface area contributed by atoms with Gasteiger partial charge in [0.05, 0.1) is 12.4 Å². The number of hydrogen-bond acceptors (Lipinski definition) is 6. The number of imidazole rings is 1. The second-order valence-corrected chi connectivity index (χ2v) is 8.22. The highest BCUT2D eigenvalue weighted by Gasteiger charge is 2.15. The van der Waals surface area contributed by atoms with Crippen LogP contribution in [-0.4, -0.2) is 40.6 Å². The molecule has 0 spiro atoms. The number of H-pyrrole nitrogens is 2. The highest BCUT2D eigenvalue weighted by Crippen LogP contribution is 2.26. The largest absolute Gasteiger partial charge is 0.350 e. The van der Waals surface area contributed by atoms with Crippen molar-refractivity contribution in [1.82, 2.24) is 34.7 Å². The minimum Gasteiger partial charge on any atom is -0.350 e. The van der Waals surface area contributed by atoms with Crippen LogP contribution in [0.1, 0.15) is 10.5 Å². The Morgan fingerprint density at radius 2 is 1.83 bits per heavy atom. The molecule has 0 fully saturated rings. The fourth-order valence-electron chi connectivity index (χ4n) is 3.81. The molecule has 0 aliphatic heterocycles. The summed E-state index contributed by atoms with van der Waals surface area (Å²) in [6, 6.07) is 17.4. The van der Waals surface area contributed by atoms with E-state index in [1.165, 1.54) is 17.1 Å². The quantitative estimate of drug-likeness (QED) is 0.308. The molecule has 4 aromatic heterocycles. The Labute approximate surface area is 203 Å². The van der Waals surface area contributed by atoms with Crippen LogP contribution in [0.3, 0.4) is 0 Å². The van der Waals surface area contributed by atoms with E-state index in [0.29, 0.717) is 17.3 Å². The minimum absolute atomic E-state index is 0.253. The normalized spacial score (nSPS) is 11.1. The van der Waals surface area contributed by atoms with E-state index in [0.717, 1.165) is 33.3 Å². The van der Waals surface area contributed by atoms with E-state index in [4.69, 9.17) is 11.6 Å². The first-order valence-electron chi connectivity index (χ1n) is 10.7. The molecule has 35 heavy (non-hydrogen) atoms. The van der Waals surface area contributed by atoms with E-state index in [1.807, 2.05) is 54.7 Å². The topological polar surface area (TPSA) is 117 Å². The van der Waals surface area contributed by atoms with Gasteiger partial charge < -0.3 is 10.3 Å². The van der Waals surface area contributed by atoms with Gasteiger partial charge in [-0.1, -0.05) is 35.9 Å². The molecule has 6 aromatic rings. The molecule has 0 radical (unpaired) electrons. The molecule has 10 heteroatoms. The summed E-state index contributed by atoms with van der Waals surface area (Å²) < 4.78 is 1.28. The molecule has 0 unspecified atom stereocenters. The summed E-state index contributed by atoms with van der Waals surface area (Å²) in [4.78, 5) is 28.9.